The van der Waals surface area contributed by atoms with Crippen molar-refractivity contribution in [3.05, 3.63) is 131 Å². The van der Waals surface area contributed by atoms with Gasteiger partial charge in [-0.1, -0.05) is 55.3 Å². The van der Waals surface area contributed by atoms with Gasteiger partial charge in [-0.2, -0.15) is 17.2 Å². The fraction of sp³-hybridized carbons (Fsp3) is 0.238. The average Bonchev–Trinajstić information content (AvgIpc) is 3.52. The normalized spacial score (nSPS) is 11.4. The van der Waals surface area contributed by atoms with Gasteiger partial charge in [0, 0.05) is 34.5 Å². The second-order valence-electron chi connectivity index (χ2n) is 13.1. The number of nitrogens with zero attached hydrogens (tertiary/aromatic N) is 4. The van der Waals surface area contributed by atoms with Crippen LogP contribution in [0.1, 0.15) is 53.9 Å². The van der Waals surface area contributed by atoms with E-state index in [0.717, 1.165) is 63.1 Å². The number of fused-ring (bicyclic) bond motifs is 3. The molecular weight excluding hydrogens is 772 g/mol. The number of hydrogen-bond acceptors (Lipinski definition) is 3. The molecule has 5 nitrogen and oxygen atoms in total. The van der Waals surface area contributed by atoms with E-state index in [9.17, 15) is 0 Å². The summed E-state index contributed by atoms with van der Waals surface area (Å²) in [4.78, 5) is 4.70. The fourth-order valence-corrected chi connectivity index (χ4v) is 6.85. The third kappa shape index (κ3) is 6.24. The molecule has 7 aromatic rings. The number of ether oxygens (including phenoxy) is 1. The van der Waals surface area contributed by atoms with Crippen molar-refractivity contribution in [3.8, 4) is 34.1 Å². The van der Waals surface area contributed by atoms with Gasteiger partial charge in [0.1, 0.15) is 5.82 Å². The summed E-state index contributed by atoms with van der Waals surface area (Å²) in [6.45, 7) is 15.3. The molecule has 0 N–H and O–H groups in total. The first-order chi connectivity index (χ1) is 22.7. The first kappa shape index (κ1) is 33.4. The zero-order chi connectivity index (χ0) is 32.8. The van der Waals surface area contributed by atoms with Crippen LogP contribution in [0.3, 0.4) is 0 Å². The van der Waals surface area contributed by atoms with E-state index in [1.54, 1.807) is 0 Å². The number of benzene rings is 4. The molecule has 0 radical (unpaired) electrons. The number of para-hydroxylation sites is 1. The Kier molecular flexibility index (Phi) is 9.45. The van der Waals surface area contributed by atoms with E-state index < -0.39 is 0 Å². The van der Waals surface area contributed by atoms with Crippen LogP contribution in [-0.4, -0.2) is 19.3 Å². The molecule has 0 saturated carbocycles. The van der Waals surface area contributed by atoms with Crippen LogP contribution in [0.5, 0.6) is 11.5 Å². The fourth-order valence-electron chi connectivity index (χ4n) is 6.85. The van der Waals surface area contributed by atoms with Gasteiger partial charge in [0.15, 0.2) is 0 Å². The Hall–Kier alpha value is -4.47. The molecule has 3 heterocycles. The summed E-state index contributed by atoms with van der Waals surface area (Å²) >= 11 is 0. The Bertz CT molecular complexity index is 2280. The molecule has 0 saturated heterocycles. The van der Waals surface area contributed by atoms with Crippen molar-refractivity contribution >= 4 is 21.8 Å². The van der Waals surface area contributed by atoms with Crippen molar-refractivity contribution in [1.82, 2.24) is 19.3 Å². The molecule has 0 bridgehead atoms. The van der Waals surface area contributed by atoms with Crippen LogP contribution in [0.25, 0.3) is 44.4 Å². The monoisotopic (exact) mass is 811 g/mol. The largest absolute Gasteiger partial charge is 2.00 e. The van der Waals surface area contributed by atoms with Crippen molar-refractivity contribution in [2.75, 3.05) is 0 Å². The van der Waals surface area contributed by atoms with Crippen LogP contribution in [0.15, 0.2) is 85.1 Å². The zero-order valence-electron chi connectivity index (χ0n) is 28.6. The molecular formula is C42H40N4OPt. The smallest absolute Gasteiger partial charge is 0.509 e. The van der Waals surface area contributed by atoms with Crippen molar-refractivity contribution < 1.29 is 25.8 Å². The van der Waals surface area contributed by atoms with Crippen molar-refractivity contribution in [3.63, 3.8) is 0 Å². The summed E-state index contributed by atoms with van der Waals surface area (Å²) in [5, 5.41) is 7.29. The minimum absolute atomic E-state index is 0. The molecule has 0 spiro atoms. The van der Waals surface area contributed by atoms with E-state index in [2.05, 4.69) is 114 Å². The molecule has 6 heteroatoms. The maximum Gasteiger partial charge on any atom is 2.00 e. The van der Waals surface area contributed by atoms with Gasteiger partial charge in [-0.25, -0.2) is 4.98 Å². The molecule has 0 unspecified atom stereocenters. The van der Waals surface area contributed by atoms with Crippen LogP contribution < -0.4 is 4.74 Å². The topological polar surface area (TPSA) is 44.9 Å². The number of hydrogen-bond donors (Lipinski definition) is 0. The van der Waals surface area contributed by atoms with Gasteiger partial charge in [-0.05, 0) is 105 Å². The van der Waals surface area contributed by atoms with E-state index in [0.29, 0.717) is 17.4 Å². The summed E-state index contributed by atoms with van der Waals surface area (Å²) in [6.07, 6.45) is 4.05. The Morgan fingerprint density at radius 3 is 2.35 bits per heavy atom. The molecule has 0 aliphatic carbocycles. The SMILES string of the molecule is Cc1ccnc(-n2c3[c-]c(Oc4[c-]c(-n5nc(C)c(-c6c(C)cc(C)cc6CCC(C)C)c5C)ccc4)ccc3c3ccccc32)c1.[Pt+2]. The first-order valence-corrected chi connectivity index (χ1v) is 16.4. The second kappa shape index (κ2) is 13.6. The minimum atomic E-state index is 0. The van der Waals surface area contributed by atoms with Crippen LogP contribution in [0.2, 0.25) is 0 Å². The Balaban J connectivity index is 0.00000401. The molecule has 4 aromatic carbocycles. The van der Waals surface area contributed by atoms with Crippen molar-refractivity contribution in [1.29, 1.82) is 0 Å². The van der Waals surface area contributed by atoms with Gasteiger partial charge in [0.2, 0.25) is 0 Å². The second-order valence-corrected chi connectivity index (χ2v) is 13.1. The summed E-state index contributed by atoms with van der Waals surface area (Å²) in [7, 11) is 0. The molecule has 0 amide bonds. The molecule has 244 valence electrons. The van der Waals surface area contributed by atoms with E-state index in [1.165, 1.54) is 27.8 Å². The van der Waals surface area contributed by atoms with Crippen LogP contribution in [0, 0.1) is 52.7 Å². The van der Waals surface area contributed by atoms with Crippen molar-refractivity contribution in [2.24, 2.45) is 5.92 Å². The molecule has 3 aromatic heterocycles. The Morgan fingerprint density at radius 2 is 1.56 bits per heavy atom. The van der Waals surface area contributed by atoms with Gasteiger partial charge in [-0.3, -0.25) is 4.68 Å². The van der Waals surface area contributed by atoms with Gasteiger partial charge in [-0.15, -0.1) is 35.7 Å². The number of aryl methyl sites for hydroxylation is 5. The maximum absolute atomic E-state index is 6.44. The van der Waals surface area contributed by atoms with E-state index in [4.69, 9.17) is 14.8 Å². The number of pyridine rings is 1. The molecule has 0 fully saturated rings. The third-order valence-electron chi connectivity index (χ3n) is 8.98. The van der Waals surface area contributed by atoms with Crippen molar-refractivity contribution in [2.45, 2.75) is 61.3 Å². The molecule has 7 rings (SSSR count). The Labute approximate surface area is 297 Å². The predicted molar refractivity (Wildman–Crippen MR) is 192 cm³/mol. The molecule has 0 aliphatic heterocycles. The molecule has 0 aliphatic rings. The van der Waals surface area contributed by atoms with E-state index >= 15 is 0 Å². The summed E-state index contributed by atoms with van der Waals surface area (Å²) in [5.74, 6) is 2.72. The van der Waals surface area contributed by atoms with E-state index in [-0.39, 0.29) is 21.1 Å². The number of aromatic nitrogens is 4. The zero-order valence-corrected chi connectivity index (χ0v) is 30.9. The Morgan fingerprint density at radius 1 is 0.771 bits per heavy atom. The van der Waals surface area contributed by atoms with Crippen LogP contribution in [0.4, 0.5) is 0 Å². The van der Waals surface area contributed by atoms with Gasteiger partial charge in [0.05, 0.1) is 5.69 Å². The summed E-state index contributed by atoms with van der Waals surface area (Å²) in [6, 6.07) is 34.2. The average molecular weight is 812 g/mol. The maximum atomic E-state index is 6.44. The summed E-state index contributed by atoms with van der Waals surface area (Å²) < 4.78 is 10.6. The molecule has 0 atom stereocenters. The minimum Gasteiger partial charge on any atom is -0.509 e. The van der Waals surface area contributed by atoms with Gasteiger partial charge < -0.3 is 9.30 Å². The van der Waals surface area contributed by atoms with Gasteiger partial charge in [0.25, 0.3) is 0 Å². The predicted octanol–water partition coefficient (Wildman–Crippen LogP) is 10.6. The first-order valence-electron chi connectivity index (χ1n) is 16.4. The number of rotatable bonds is 8. The molecule has 48 heavy (non-hydrogen) atoms. The third-order valence-corrected chi connectivity index (χ3v) is 8.98. The van der Waals surface area contributed by atoms with Gasteiger partial charge >= 0.3 is 21.1 Å². The standard InChI is InChI=1S/C42H40N4O.Pt/c1-26(2)15-16-32-22-28(4)21-29(5)41(32)42-30(6)44-46(31(42)7)33-11-10-12-34(24-33)47-35-17-18-37-36-13-8-9-14-38(36)45(39(37)25-35)40-23-27(3)19-20-43-40;/h8-14,17-23,26H,15-16H2,1-7H3;/q-2;+2. The van der Waals surface area contributed by atoms with Crippen LogP contribution in [-0.2, 0) is 27.5 Å². The van der Waals surface area contributed by atoms with E-state index in [1.807, 2.05) is 41.2 Å². The quantitative estimate of drug-likeness (QED) is 0.144. The summed E-state index contributed by atoms with van der Waals surface area (Å²) in [5.41, 5.74) is 12.6. The van der Waals surface area contributed by atoms with Crippen LogP contribution >= 0.6 is 0 Å².